The maximum atomic E-state index is 12.5. The second-order valence-corrected chi connectivity index (χ2v) is 4.99. The van der Waals surface area contributed by atoms with Crippen molar-refractivity contribution in [3.8, 4) is 0 Å². The number of carbonyl (C=O) groups excluding carboxylic acids is 2. The van der Waals surface area contributed by atoms with Crippen LogP contribution in [0.1, 0.15) is 28.8 Å². The number of non-ortho nitro benzene ring substituents is 1. The van der Waals surface area contributed by atoms with E-state index in [9.17, 15) is 19.7 Å². The van der Waals surface area contributed by atoms with Gasteiger partial charge >= 0.3 is 5.97 Å². The van der Waals surface area contributed by atoms with Crippen molar-refractivity contribution in [2.75, 3.05) is 13.7 Å². The molecule has 0 bridgehead atoms. The molecule has 2 rings (SSSR count). The summed E-state index contributed by atoms with van der Waals surface area (Å²) in [5.74, 6) is -0.835. The van der Waals surface area contributed by atoms with Crippen LogP contribution in [0.3, 0.4) is 0 Å². The van der Waals surface area contributed by atoms with Gasteiger partial charge in [-0.25, -0.2) is 4.79 Å². The van der Waals surface area contributed by atoms with Gasteiger partial charge in [0.15, 0.2) is 0 Å². The Morgan fingerprint density at radius 3 is 2.71 bits per heavy atom. The predicted octanol–water partition coefficient (Wildman–Crippen LogP) is 1.68. The molecule has 1 aliphatic heterocycles. The zero-order chi connectivity index (χ0) is 15.6. The second kappa shape index (κ2) is 5.90. The molecule has 1 fully saturated rings. The Hall–Kier alpha value is -2.44. The first-order valence-electron chi connectivity index (χ1n) is 6.59. The maximum absolute atomic E-state index is 12.5. The summed E-state index contributed by atoms with van der Waals surface area (Å²) >= 11 is 0. The first kappa shape index (κ1) is 15.0. The monoisotopic (exact) mass is 292 g/mol. The third kappa shape index (κ3) is 3.01. The van der Waals surface area contributed by atoms with E-state index in [0.29, 0.717) is 24.9 Å². The van der Waals surface area contributed by atoms with Crippen LogP contribution in [0, 0.1) is 17.0 Å². The molecule has 1 heterocycles. The summed E-state index contributed by atoms with van der Waals surface area (Å²) in [6.07, 6.45) is 1.26. The van der Waals surface area contributed by atoms with E-state index in [0.717, 1.165) is 0 Å². The molecule has 1 unspecified atom stereocenters. The molecule has 7 nitrogen and oxygen atoms in total. The van der Waals surface area contributed by atoms with E-state index < -0.39 is 16.9 Å². The summed E-state index contributed by atoms with van der Waals surface area (Å²) in [6.45, 7) is 2.13. The number of methoxy groups -OCH3 is 1. The molecule has 1 amide bonds. The van der Waals surface area contributed by atoms with E-state index in [1.807, 2.05) is 0 Å². The smallest absolute Gasteiger partial charge is 0.328 e. The standard InChI is InChI=1S/C14H16N2O5/c1-9-6-10(8-11(7-9)16(19)20)13(17)15-5-3-4-12(15)14(18)21-2/h6-8,12H,3-5H2,1-2H3. The number of esters is 1. The van der Waals surface area contributed by atoms with Gasteiger partial charge in [0.1, 0.15) is 6.04 Å². The van der Waals surface area contributed by atoms with Crippen molar-refractivity contribution in [1.29, 1.82) is 0 Å². The molecule has 1 saturated heterocycles. The van der Waals surface area contributed by atoms with Gasteiger partial charge in [-0.15, -0.1) is 0 Å². The largest absolute Gasteiger partial charge is 0.467 e. The number of aryl methyl sites for hydroxylation is 1. The molecule has 7 heteroatoms. The van der Waals surface area contributed by atoms with Gasteiger partial charge < -0.3 is 9.64 Å². The van der Waals surface area contributed by atoms with Gasteiger partial charge in [-0.1, -0.05) is 0 Å². The maximum Gasteiger partial charge on any atom is 0.328 e. The quantitative estimate of drug-likeness (QED) is 0.480. The molecule has 21 heavy (non-hydrogen) atoms. The van der Waals surface area contributed by atoms with Gasteiger partial charge in [0.25, 0.3) is 11.6 Å². The van der Waals surface area contributed by atoms with Gasteiger partial charge in [-0.2, -0.15) is 0 Å². The number of likely N-dealkylation sites (tertiary alicyclic amines) is 1. The lowest BCUT2D eigenvalue weighted by Crippen LogP contribution is -2.41. The fourth-order valence-corrected chi connectivity index (χ4v) is 2.55. The van der Waals surface area contributed by atoms with E-state index in [1.165, 1.54) is 24.1 Å². The molecule has 1 atom stereocenters. The minimum atomic E-state index is -0.609. The van der Waals surface area contributed by atoms with Crippen molar-refractivity contribution < 1.29 is 19.2 Å². The summed E-state index contributed by atoms with van der Waals surface area (Å²) in [5.41, 5.74) is 0.714. The lowest BCUT2D eigenvalue weighted by Gasteiger charge is -2.22. The number of nitrogens with zero attached hydrogens (tertiary/aromatic N) is 2. The number of amides is 1. The molecule has 1 aliphatic rings. The van der Waals surface area contributed by atoms with Crippen molar-refractivity contribution in [1.82, 2.24) is 4.90 Å². The zero-order valence-electron chi connectivity index (χ0n) is 11.9. The van der Waals surface area contributed by atoms with E-state index in [-0.39, 0.29) is 17.2 Å². The Balaban J connectivity index is 2.31. The zero-order valence-corrected chi connectivity index (χ0v) is 11.9. The lowest BCUT2D eigenvalue weighted by molar-refractivity contribution is -0.384. The van der Waals surface area contributed by atoms with Crippen LogP contribution in [0.15, 0.2) is 18.2 Å². The molecule has 112 valence electrons. The Kier molecular flexibility index (Phi) is 4.21. The van der Waals surface area contributed by atoms with Crippen LogP contribution in [0.25, 0.3) is 0 Å². The molecular formula is C14H16N2O5. The molecule has 0 spiro atoms. The number of ether oxygens (including phenoxy) is 1. The highest BCUT2D eigenvalue weighted by Gasteiger charge is 2.35. The Morgan fingerprint density at radius 1 is 1.38 bits per heavy atom. The minimum Gasteiger partial charge on any atom is -0.467 e. The Labute approximate surface area is 121 Å². The van der Waals surface area contributed by atoms with Crippen LogP contribution in [0.4, 0.5) is 5.69 Å². The number of benzene rings is 1. The van der Waals surface area contributed by atoms with Crippen molar-refractivity contribution in [3.63, 3.8) is 0 Å². The molecule has 1 aromatic carbocycles. The summed E-state index contributed by atoms with van der Waals surface area (Å²) in [6, 6.07) is 3.62. The fraction of sp³-hybridized carbons (Fsp3) is 0.429. The first-order valence-corrected chi connectivity index (χ1v) is 6.59. The Morgan fingerprint density at radius 2 is 2.10 bits per heavy atom. The van der Waals surface area contributed by atoms with Crippen molar-refractivity contribution >= 4 is 17.6 Å². The molecular weight excluding hydrogens is 276 g/mol. The summed E-state index contributed by atoms with van der Waals surface area (Å²) in [7, 11) is 1.28. The average Bonchev–Trinajstić information content (AvgIpc) is 2.94. The van der Waals surface area contributed by atoms with Crippen LogP contribution in [0.2, 0.25) is 0 Å². The highest BCUT2D eigenvalue weighted by Crippen LogP contribution is 2.24. The van der Waals surface area contributed by atoms with Gasteiger partial charge in [0, 0.05) is 24.2 Å². The minimum absolute atomic E-state index is 0.132. The van der Waals surface area contributed by atoms with Crippen molar-refractivity contribution in [2.45, 2.75) is 25.8 Å². The highest BCUT2D eigenvalue weighted by molar-refractivity contribution is 5.97. The predicted molar refractivity (Wildman–Crippen MR) is 73.9 cm³/mol. The third-order valence-corrected chi connectivity index (χ3v) is 3.51. The fourth-order valence-electron chi connectivity index (χ4n) is 2.55. The lowest BCUT2D eigenvalue weighted by atomic mass is 10.1. The topological polar surface area (TPSA) is 89.8 Å². The molecule has 0 aromatic heterocycles. The normalized spacial score (nSPS) is 17.6. The highest BCUT2D eigenvalue weighted by atomic mass is 16.6. The molecule has 0 N–H and O–H groups in total. The van der Waals surface area contributed by atoms with Crippen LogP contribution in [0.5, 0.6) is 0 Å². The second-order valence-electron chi connectivity index (χ2n) is 4.99. The number of carbonyl (C=O) groups is 2. The van der Waals surface area contributed by atoms with Crippen LogP contribution in [-0.4, -0.2) is 41.4 Å². The summed E-state index contributed by atoms with van der Waals surface area (Å²) < 4.78 is 4.70. The molecule has 0 saturated carbocycles. The molecule has 1 aromatic rings. The Bertz CT molecular complexity index is 599. The van der Waals surface area contributed by atoms with Gasteiger partial charge in [0.2, 0.25) is 0 Å². The van der Waals surface area contributed by atoms with Crippen molar-refractivity contribution in [3.05, 3.63) is 39.4 Å². The van der Waals surface area contributed by atoms with E-state index in [1.54, 1.807) is 13.0 Å². The SMILES string of the molecule is COC(=O)C1CCCN1C(=O)c1cc(C)cc([N+](=O)[O-])c1. The first-order chi connectivity index (χ1) is 9.93. The van der Waals surface area contributed by atoms with Crippen LogP contribution < -0.4 is 0 Å². The molecule has 0 aliphatic carbocycles. The van der Waals surface area contributed by atoms with E-state index in [2.05, 4.69) is 0 Å². The van der Waals surface area contributed by atoms with Gasteiger partial charge in [0.05, 0.1) is 12.0 Å². The van der Waals surface area contributed by atoms with Crippen LogP contribution in [-0.2, 0) is 9.53 Å². The number of hydrogen-bond donors (Lipinski definition) is 0. The van der Waals surface area contributed by atoms with Gasteiger partial charge in [-0.3, -0.25) is 14.9 Å². The average molecular weight is 292 g/mol. The van der Waals surface area contributed by atoms with Gasteiger partial charge in [-0.05, 0) is 31.4 Å². The molecule has 0 radical (unpaired) electrons. The van der Waals surface area contributed by atoms with E-state index in [4.69, 9.17) is 4.74 Å². The third-order valence-electron chi connectivity index (χ3n) is 3.51. The summed E-state index contributed by atoms with van der Waals surface area (Å²) in [5, 5.41) is 10.9. The van der Waals surface area contributed by atoms with Crippen molar-refractivity contribution in [2.24, 2.45) is 0 Å². The number of hydrogen-bond acceptors (Lipinski definition) is 5. The van der Waals surface area contributed by atoms with E-state index >= 15 is 0 Å². The number of rotatable bonds is 3. The summed E-state index contributed by atoms with van der Waals surface area (Å²) in [4.78, 5) is 35.9. The number of nitro groups is 1. The van der Waals surface area contributed by atoms with Crippen LogP contribution >= 0.6 is 0 Å². The number of nitro benzene ring substituents is 1.